The van der Waals surface area contributed by atoms with E-state index < -0.39 is 5.82 Å². The summed E-state index contributed by atoms with van der Waals surface area (Å²) < 4.78 is 21.2. The molecule has 0 aliphatic carbocycles. The second-order valence-corrected chi connectivity index (χ2v) is 4.70. The van der Waals surface area contributed by atoms with Gasteiger partial charge in [-0.3, -0.25) is 0 Å². The molecule has 0 fully saturated rings. The van der Waals surface area contributed by atoms with Gasteiger partial charge in [-0.15, -0.1) is 0 Å². The molecule has 0 spiro atoms. The molecule has 1 aromatic heterocycles. The van der Waals surface area contributed by atoms with Crippen LogP contribution in [0, 0.1) is 5.82 Å². The molecule has 1 heterocycles. The first-order valence-corrected chi connectivity index (χ1v) is 6.67. The molecule has 0 unspecified atom stereocenters. The SMILES string of the molecule is CCn1c(-c2ccc(O)cc2F)nc2cc(OC)ccc21. The van der Waals surface area contributed by atoms with Crippen molar-refractivity contribution in [3.05, 3.63) is 42.2 Å². The minimum atomic E-state index is -0.494. The van der Waals surface area contributed by atoms with Crippen molar-refractivity contribution in [2.45, 2.75) is 13.5 Å². The maximum atomic E-state index is 14.1. The zero-order valence-electron chi connectivity index (χ0n) is 11.8. The summed E-state index contributed by atoms with van der Waals surface area (Å²) >= 11 is 0. The zero-order chi connectivity index (χ0) is 15.0. The van der Waals surface area contributed by atoms with E-state index in [-0.39, 0.29) is 5.75 Å². The lowest BCUT2D eigenvalue weighted by Crippen LogP contribution is -1.99. The summed E-state index contributed by atoms with van der Waals surface area (Å²) in [5.41, 5.74) is 2.03. The summed E-state index contributed by atoms with van der Waals surface area (Å²) in [7, 11) is 1.60. The Balaban J connectivity index is 2.26. The third-order valence-electron chi connectivity index (χ3n) is 3.47. The Morgan fingerprint density at radius 3 is 2.71 bits per heavy atom. The van der Waals surface area contributed by atoms with Gasteiger partial charge in [0.05, 0.1) is 23.7 Å². The Morgan fingerprint density at radius 2 is 2.05 bits per heavy atom. The number of aromatic nitrogens is 2. The standard InChI is InChI=1S/C16H15FN2O2/c1-3-19-15-7-5-11(21-2)9-14(15)18-16(19)12-6-4-10(20)8-13(12)17/h4-9,20H,3H2,1-2H3. The summed E-state index contributed by atoms with van der Waals surface area (Å²) in [6.07, 6.45) is 0. The fraction of sp³-hybridized carbons (Fsp3) is 0.188. The molecule has 5 heteroatoms. The summed E-state index contributed by atoms with van der Waals surface area (Å²) in [6, 6.07) is 9.67. The molecule has 0 bridgehead atoms. The van der Waals surface area contributed by atoms with Gasteiger partial charge in [0, 0.05) is 18.7 Å². The largest absolute Gasteiger partial charge is 0.508 e. The highest BCUT2D eigenvalue weighted by atomic mass is 19.1. The summed E-state index contributed by atoms with van der Waals surface area (Å²) in [5.74, 6) is 0.656. The quantitative estimate of drug-likeness (QED) is 0.800. The number of aryl methyl sites for hydroxylation is 1. The minimum absolute atomic E-state index is 0.0999. The highest BCUT2D eigenvalue weighted by molar-refractivity contribution is 5.82. The van der Waals surface area contributed by atoms with E-state index in [1.807, 2.05) is 29.7 Å². The minimum Gasteiger partial charge on any atom is -0.508 e. The van der Waals surface area contributed by atoms with Crippen molar-refractivity contribution in [3.8, 4) is 22.9 Å². The van der Waals surface area contributed by atoms with Crippen molar-refractivity contribution in [1.29, 1.82) is 0 Å². The molecule has 0 saturated heterocycles. The molecule has 0 radical (unpaired) electrons. The molecule has 0 amide bonds. The summed E-state index contributed by atoms with van der Waals surface area (Å²) in [4.78, 5) is 4.51. The second-order valence-electron chi connectivity index (χ2n) is 4.70. The van der Waals surface area contributed by atoms with Crippen LogP contribution in [0.2, 0.25) is 0 Å². The van der Waals surface area contributed by atoms with E-state index >= 15 is 0 Å². The number of aromatic hydroxyl groups is 1. The molecule has 3 aromatic rings. The van der Waals surface area contributed by atoms with Gasteiger partial charge in [0.2, 0.25) is 0 Å². The number of phenolic OH excluding ortho intramolecular Hbond substituents is 1. The van der Waals surface area contributed by atoms with Crippen LogP contribution in [0.3, 0.4) is 0 Å². The number of methoxy groups -OCH3 is 1. The summed E-state index contributed by atoms with van der Waals surface area (Å²) in [6.45, 7) is 2.64. The van der Waals surface area contributed by atoms with Crippen LogP contribution in [-0.2, 0) is 6.54 Å². The number of phenols is 1. The van der Waals surface area contributed by atoms with Gasteiger partial charge in [0.15, 0.2) is 0 Å². The Kier molecular flexibility index (Phi) is 3.25. The highest BCUT2D eigenvalue weighted by Crippen LogP contribution is 2.30. The monoisotopic (exact) mass is 286 g/mol. The van der Waals surface area contributed by atoms with Gasteiger partial charge in [0.1, 0.15) is 23.1 Å². The Hall–Kier alpha value is -2.56. The van der Waals surface area contributed by atoms with Crippen molar-refractivity contribution in [1.82, 2.24) is 9.55 Å². The van der Waals surface area contributed by atoms with Gasteiger partial charge >= 0.3 is 0 Å². The van der Waals surface area contributed by atoms with Crippen molar-refractivity contribution in [3.63, 3.8) is 0 Å². The molecular weight excluding hydrogens is 271 g/mol. The van der Waals surface area contributed by atoms with Crippen molar-refractivity contribution in [2.75, 3.05) is 7.11 Å². The maximum Gasteiger partial charge on any atom is 0.144 e. The van der Waals surface area contributed by atoms with Crippen LogP contribution in [0.5, 0.6) is 11.5 Å². The van der Waals surface area contributed by atoms with Crippen LogP contribution < -0.4 is 4.74 Å². The number of ether oxygens (including phenoxy) is 1. The molecule has 21 heavy (non-hydrogen) atoms. The Bertz CT molecular complexity index is 811. The molecule has 0 saturated carbocycles. The molecule has 108 valence electrons. The Morgan fingerprint density at radius 1 is 1.24 bits per heavy atom. The van der Waals surface area contributed by atoms with Crippen LogP contribution in [-0.4, -0.2) is 21.8 Å². The van der Waals surface area contributed by atoms with Crippen LogP contribution in [0.15, 0.2) is 36.4 Å². The van der Waals surface area contributed by atoms with Crippen LogP contribution >= 0.6 is 0 Å². The number of nitrogens with zero attached hydrogens (tertiary/aromatic N) is 2. The van der Waals surface area contributed by atoms with Gasteiger partial charge in [-0.25, -0.2) is 9.37 Å². The number of benzene rings is 2. The van der Waals surface area contributed by atoms with E-state index in [2.05, 4.69) is 4.98 Å². The smallest absolute Gasteiger partial charge is 0.144 e. The van der Waals surface area contributed by atoms with Gasteiger partial charge in [-0.05, 0) is 31.2 Å². The average molecular weight is 286 g/mol. The van der Waals surface area contributed by atoms with Crippen molar-refractivity contribution >= 4 is 11.0 Å². The lowest BCUT2D eigenvalue weighted by molar-refractivity contribution is 0.415. The van der Waals surface area contributed by atoms with E-state index in [0.717, 1.165) is 17.1 Å². The topological polar surface area (TPSA) is 47.3 Å². The highest BCUT2D eigenvalue weighted by Gasteiger charge is 2.15. The second kappa shape index (κ2) is 5.09. The van der Waals surface area contributed by atoms with Crippen molar-refractivity contribution in [2.24, 2.45) is 0 Å². The fourth-order valence-electron chi connectivity index (χ4n) is 2.45. The number of hydrogen-bond donors (Lipinski definition) is 1. The number of rotatable bonds is 3. The van der Waals surface area contributed by atoms with Crippen molar-refractivity contribution < 1.29 is 14.2 Å². The zero-order valence-corrected chi connectivity index (χ0v) is 11.8. The number of fused-ring (bicyclic) bond motifs is 1. The van der Waals surface area contributed by atoms with E-state index in [0.29, 0.717) is 23.7 Å². The first kappa shape index (κ1) is 13.4. The van der Waals surface area contributed by atoms with Crippen LogP contribution in [0.4, 0.5) is 4.39 Å². The van der Waals surface area contributed by atoms with Crippen LogP contribution in [0.25, 0.3) is 22.4 Å². The molecule has 1 N–H and O–H groups in total. The lowest BCUT2D eigenvalue weighted by Gasteiger charge is -2.07. The van der Waals surface area contributed by atoms with Gasteiger partial charge in [-0.2, -0.15) is 0 Å². The number of hydrogen-bond acceptors (Lipinski definition) is 3. The average Bonchev–Trinajstić information content (AvgIpc) is 2.84. The molecule has 0 aliphatic rings. The summed E-state index contributed by atoms with van der Waals surface area (Å²) in [5, 5.41) is 9.34. The van der Waals surface area contributed by atoms with E-state index in [1.165, 1.54) is 12.1 Å². The third kappa shape index (κ3) is 2.20. The van der Waals surface area contributed by atoms with Gasteiger partial charge in [0.25, 0.3) is 0 Å². The molecule has 4 nitrogen and oxygen atoms in total. The fourth-order valence-corrected chi connectivity index (χ4v) is 2.45. The van der Waals surface area contributed by atoms with E-state index in [9.17, 15) is 9.50 Å². The molecule has 3 rings (SSSR count). The third-order valence-corrected chi connectivity index (χ3v) is 3.47. The number of imidazole rings is 1. The molecule has 2 aromatic carbocycles. The van der Waals surface area contributed by atoms with E-state index in [4.69, 9.17) is 4.74 Å². The van der Waals surface area contributed by atoms with Gasteiger partial charge in [-0.1, -0.05) is 0 Å². The molecular formula is C16H15FN2O2. The first-order valence-electron chi connectivity index (χ1n) is 6.67. The predicted octanol–water partition coefficient (Wildman–Crippen LogP) is 3.58. The lowest BCUT2D eigenvalue weighted by atomic mass is 10.2. The number of halogens is 1. The van der Waals surface area contributed by atoms with Gasteiger partial charge < -0.3 is 14.4 Å². The normalized spacial score (nSPS) is 11.0. The predicted molar refractivity (Wildman–Crippen MR) is 79.0 cm³/mol. The van der Waals surface area contributed by atoms with Crippen LogP contribution in [0.1, 0.15) is 6.92 Å². The Labute approximate surface area is 121 Å². The van der Waals surface area contributed by atoms with E-state index in [1.54, 1.807) is 7.11 Å². The molecule has 0 aliphatic heterocycles. The first-order chi connectivity index (χ1) is 10.1. The molecule has 0 atom stereocenters. The maximum absolute atomic E-state index is 14.1.